The van der Waals surface area contributed by atoms with Crippen LogP contribution in [0.15, 0.2) is 54.6 Å². The largest absolute Gasteiger partial charge is 0.333 e. The van der Waals surface area contributed by atoms with E-state index in [1.54, 1.807) is 0 Å². The van der Waals surface area contributed by atoms with E-state index in [2.05, 4.69) is 6.07 Å². The lowest BCUT2D eigenvalue weighted by molar-refractivity contribution is -0.197. The molecule has 1 fully saturated rings. The summed E-state index contributed by atoms with van der Waals surface area (Å²) in [6.07, 6.45) is 0.756. The molecule has 0 unspecified atom stereocenters. The van der Waals surface area contributed by atoms with E-state index in [-0.39, 0.29) is 19.3 Å². The molecule has 0 aromatic heterocycles. The standard InChI is InChI=1S/C21H17NO4/c23-19-10-11-20(24)22(19)26-21(25)12-9-18-16-7-3-1-5-14(16)13-15-6-2-4-8-17(15)18/h1-8,13H,9-12H2. The highest BCUT2D eigenvalue weighted by Crippen LogP contribution is 2.29. The summed E-state index contributed by atoms with van der Waals surface area (Å²) in [5.41, 5.74) is 1.06. The van der Waals surface area contributed by atoms with Crippen LogP contribution in [0.5, 0.6) is 0 Å². The predicted octanol–water partition coefficient (Wildman–Crippen LogP) is 3.53. The Morgan fingerprint density at radius 1 is 0.885 bits per heavy atom. The molecule has 1 aliphatic rings. The van der Waals surface area contributed by atoms with Gasteiger partial charge in [-0.1, -0.05) is 48.5 Å². The number of amides is 2. The molecule has 5 nitrogen and oxygen atoms in total. The number of carbonyl (C=O) groups is 3. The highest BCUT2D eigenvalue weighted by molar-refractivity contribution is 6.03. The SMILES string of the molecule is O=C(CCc1c2ccccc2cc2ccccc12)ON1C(=O)CCC1=O. The van der Waals surface area contributed by atoms with Crippen molar-refractivity contribution in [2.24, 2.45) is 0 Å². The van der Waals surface area contributed by atoms with E-state index in [1.165, 1.54) is 0 Å². The number of hydrogen-bond donors (Lipinski definition) is 0. The van der Waals surface area contributed by atoms with Crippen LogP contribution in [-0.2, 0) is 25.6 Å². The number of aryl methyl sites for hydroxylation is 1. The van der Waals surface area contributed by atoms with Crippen LogP contribution < -0.4 is 0 Å². The minimum Gasteiger partial charge on any atom is -0.330 e. The van der Waals surface area contributed by atoms with Crippen molar-refractivity contribution >= 4 is 39.3 Å². The van der Waals surface area contributed by atoms with Gasteiger partial charge in [0.05, 0.1) is 6.42 Å². The fourth-order valence-corrected chi connectivity index (χ4v) is 3.41. The number of hydroxylamine groups is 2. The Balaban J connectivity index is 1.61. The lowest BCUT2D eigenvalue weighted by Crippen LogP contribution is -2.32. The quantitative estimate of drug-likeness (QED) is 0.535. The Kier molecular flexibility index (Phi) is 4.13. The van der Waals surface area contributed by atoms with Crippen molar-refractivity contribution < 1.29 is 19.2 Å². The van der Waals surface area contributed by atoms with Crippen molar-refractivity contribution in [3.05, 3.63) is 60.2 Å². The summed E-state index contributed by atoms with van der Waals surface area (Å²) in [5.74, 6) is -1.50. The third-order valence-corrected chi connectivity index (χ3v) is 4.66. The third-order valence-electron chi connectivity index (χ3n) is 4.66. The van der Waals surface area contributed by atoms with Crippen LogP contribution in [0.4, 0.5) is 0 Å². The van der Waals surface area contributed by atoms with Crippen LogP contribution >= 0.6 is 0 Å². The van der Waals surface area contributed by atoms with E-state index in [0.29, 0.717) is 11.5 Å². The molecule has 0 bridgehead atoms. The molecular weight excluding hydrogens is 330 g/mol. The zero-order valence-corrected chi connectivity index (χ0v) is 14.1. The molecule has 0 radical (unpaired) electrons. The maximum Gasteiger partial charge on any atom is 0.333 e. The molecule has 4 rings (SSSR count). The van der Waals surface area contributed by atoms with Gasteiger partial charge in [-0.15, -0.1) is 5.06 Å². The molecule has 0 aliphatic carbocycles. The molecule has 0 saturated carbocycles. The van der Waals surface area contributed by atoms with Crippen molar-refractivity contribution in [1.82, 2.24) is 5.06 Å². The summed E-state index contributed by atoms with van der Waals surface area (Å²) in [7, 11) is 0. The Labute approximate surface area is 150 Å². The van der Waals surface area contributed by atoms with Crippen molar-refractivity contribution in [2.45, 2.75) is 25.7 Å². The van der Waals surface area contributed by atoms with Crippen LogP contribution in [0.1, 0.15) is 24.8 Å². The predicted molar refractivity (Wildman–Crippen MR) is 97.0 cm³/mol. The number of hydrogen-bond acceptors (Lipinski definition) is 4. The van der Waals surface area contributed by atoms with Crippen LogP contribution in [0.3, 0.4) is 0 Å². The average Bonchev–Trinajstić information content (AvgIpc) is 2.97. The van der Waals surface area contributed by atoms with Crippen LogP contribution in [0.2, 0.25) is 0 Å². The first-order valence-corrected chi connectivity index (χ1v) is 8.59. The second-order valence-electron chi connectivity index (χ2n) is 6.34. The van der Waals surface area contributed by atoms with Gasteiger partial charge in [-0.3, -0.25) is 9.59 Å². The molecule has 5 heteroatoms. The first-order chi connectivity index (χ1) is 12.6. The number of nitrogens with zero attached hydrogens (tertiary/aromatic N) is 1. The van der Waals surface area contributed by atoms with Gasteiger partial charge in [-0.05, 0) is 39.6 Å². The van der Waals surface area contributed by atoms with Crippen LogP contribution in [0, 0.1) is 0 Å². The van der Waals surface area contributed by atoms with Gasteiger partial charge < -0.3 is 4.84 Å². The topological polar surface area (TPSA) is 63.7 Å². The Morgan fingerprint density at radius 3 is 2.00 bits per heavy atom. The van der Waals surface area contributed by atoms with Gasteiger partial charge in [-0.2, -0.15) is 0 Å². The molecule has 0 N–H and O–H groups in total. The number of fused-ring (bicyclic) bond motifs is 2. The fraction of sp³-hybridized carbons (Fsp3) is 0.190. The van der Waals surface area contributed by atoms with Gasteiger partial charge in [0.15, 0.2) is 0 Å². The van der Waals surface area contributed by atoms with Crippen molar-refractivity contribution in [3.8, 4) is 0 Å². The maximum atomic E-state index is 12.2. The second-order valence-corrected chi connectivity index (χ2v) is 6.34. The number of benzene rings is 3. The zero-order valence-electron chi connectivity index (χ0n) is 14.1. The van der Waals surface area contributed by atoms with E-state index in [0.717, 1.165) is 27.1 Å². The first-order valence-electron chi connectivity index (χ1n) is 8.59. The second kappa shape index (κ2) is 6.59. The van der Waals surface area contributed by atoms with Gasteiger partial charge in [0, 0.05) is 12.8 Å². The molecule has 26 heavy (non-hydrogen) atoms. The van der Waals surface area contributed by atoms with Gasteiger partial charge in [0.25, 0.3) is 11.8 Å². The average molecular weight is 347 g/mol. The van der Waals surface area contributed by atoms with Crippen LogP contribution in [0.25, 0.3) is 21.5 Å². The molecule has 130 valence electrons. The summed E-state index contributed by atoms with van der Waals surface area (Å²) < 4.78 is 0. The molecule has 1 heterocycles. The van der Waals surface area contributed by atoms with E-state index >= 15 is 0 Å². The molecule has 0 spiro atoms. The number of carbonyl (C=O) groups excluding carboxylic acids is 3. The highest BCUT2D eigenvalue weighted by Gasteiger charge is 2.32. The molecule has 2 amide bonds. The van der Waals surface area contributed by atoms with Gasteiger partial charge in [-0.25, -0.2) is 4.79 Å². The minimum atomic E-state index is -0.578. The summed E-state index contributed by atoms with van der Waals surface area (Å²) in [5, 5.41) is 5.00. The van der Waals surface area contributed by atoms with E-state index in [4.69, 9.17) is 4.84 Å². The van der Waals surface area contributed by atoms with Crippen LogP contribution in [-0.4, -0.2) is 22.8 Å². The molecule has 3 aromatic rings. The summed E-state index contributed by atoms with van der Waals surface area (Å²) >= 11 is 0. The number of rotatable bonds is 4. The Hall–Kier alpha value is -3.21. The Bertz CT molecular complexity index is 971. The molecular formula is C21H17NO4. The van der Waals surface area contributed by atoms with Gasteiger partial charge >= 0.3 is 5.97 Å². The minimum absolute atomic E-state index is 0.0923. The molecule has 3 aromatic carbocycles. The van der Waals surface area contributed by atoms with E-state index in [1.807, 2.05) is 48.5 Å². The highest BCUT2D eigenvalue weighted by atomic mass is 16.7. The molecule has 0 atom stereocenters. The maximum absolute atomic E-state index is 12.2. The van der Waals surface area contributed by atoms with Crippen molar-refractivity contribution in [2.75, 3.05) is 0 Å². The normalized spacial score (nSPS) is 14.4. The van der Waals surface area contributed by atoms with E-state index in [9.17, 15) is 14.4 Å². The summed E-state index contributed by atoms with van der Waals surface area (Å²) in [6.45, 7) is 0. The van der Waals surface area contributed by atoms with Gasteiger partial charge in [0.2, 0.25) is 0 Å². The monoisotopic (exact) mass is 347 g/mol. The summed E-state index contributed by atoms with van der Waals surface area (Å²) in [4.78, 5) is 40.3. The zero-order chi connectivity index (χ0) is 18.1. The van der Waals surface area contributed by atoms with Crippen molar-refractivity contribution in [3.63, 3.8) is 0 Å². The first kappa shape index (κ1) is 16.3. The summed E-state index contributed by atoms with van der Waals surface area (Å²) in [6, 6.07) is 18.2. The third kappa shape index (κ3) is 2.92. The lowest BCUT2D eigenvalue weighted by Gasteiger charge is -2.14. The molecule has 1 aliphatic heterocycles. The smallest absolute Gasteiger partial charge is 0.330 e. The van der Waals surface area contributed by atoms with E-state index < -0.39 is 17.8 Å². The molecule has 1 saturated heterocycles. The van der Waals surface area contributed by atoms with Gasteiger partial charge in [0.1, 0.15) is 0 Å². The van der Waals surface area contributed by atoms with Crippen molar-refractivity contribution in [1.29, 1.82) is 0 Å². The lowest BCUT2D eigenvalue weighted by atomic mass is 9.94. The Morgan fingerprint density at radius 2 is 1.42 bits per heavy atom. The number of imide groups is 1. The fourth-order valence-electron chi connectivity index (χ4n) is 3.41.